The number of carboxylic acid groups (broad SMARTS) is 2. The Labute approximate surface area is 803 Å². The molecular formula is C91H147N23O24. The summed E-state index contributed by atoms with van der Waals surface area (Å²) in [6.45, 7) is 24.8. The number of rotatable bonds is 63. The van der Waals surface area contributed by atoms with Crippen LogP contribution in [0.1, 0.15) is 211 Å². The van der Waals surface area contributed by atoms with Crippen LogP contribution in [0.25, 0.3) is 0 Å². The van der Waals surface area contributed by atoms with Crippen molar-refractivity contribution in [3.8, 4) is 11.5 Å². The first-order chi connectivity index (χ1) is 64.9. The fraction of sp³-hybridized carbons (Fsp3) is 0.615. The molecule has 0 saturated carbocycles. The normalized spacial score (nSPS) is 14.8. The number of likely N-dealkylation sites (N-methyl/N-ethyl adjacent to an activating group) is 1. The van der Waals surface area contributed by atoms with Gasteiger partial charge in [0.25, 0.3) is 0 Å². The number of carbonyl (C=O) groups is 20. The molecule has 0 aliphatic heterocycles. The van der Waals surface area contributed by atoms with Crippen LogP contribution in [0.2, 0.25) is 0 Å². The molecule has 0 aliphatic carbocycles. The van der Waals surface area contributed by atoms with Crippen LogP contribution in [0, 0.1) is 23.7 Å². The molecule has 3 rings (SSSR count). The van der Waals surface area contributed by atoms with Crippen LogP contribution >= 0.6 is 0 Å². The summed E-state index contributed by atoms with van der Waals surface area (Å²) < 4.78 is 0. The first kappa shape index (κ1) is 121. The molecule has 18 amide bonds. The van der Waals surface area contributed by atoms with Gasteiger partial charge in [-0.05, 0) is 177 Å². The lowest BCUT2D eigenvalue weighted by Crippen LogP contribution is -2.61. The lowest BCUT2D eigenvalue weighted by atomic mass is 9.96. The predicted molar refractivity (Wildman–Crippen MR) is 505 cm³/mol. The molecule has 1 aromatic heterocycles. The molecule has 47 nitrogen and oxygen atoms in total. The van der Waals surface area contributed by atoms with Crippen molar-refractivity contribution in [1.29, 1.82) is 0 Å². The Balaban J connectivity index is 0.000000953. The minimum atomic E-state index is -1.59. The van der Waals surface area contributed by atoms with E-state index in [4.69, 9.17) is 22.9 Å². The maximum atomic E-state index is 14.4. The van der Waals surface area contributed by atoms with Crippen LogP contribution in [0.5, 0.6) is 11.5 Å². The Morgan fingerprint density at radius 3 is 1.17 bits per heavy atom. The Hall–Kier alpha value is -13.5. The fourth-order valence-corrected chi connectivity index (χ4v) is 13.7. The van der Waals surface area contributed by atoms with E-state index in [0.29, 0.717) is 62.0 Å². The van der Waals surface area contributed by atoms with Gasteiger partial charge >= 0.3 is 11.9 Å². The van der Waals surface area contributed by atoms with Crippen molar-refractivity contribution in [3.05, 3.63) is 77.9 Å². The zero-order valence-corrected chi connectivity index (χ0v) is 81.4. The van der Waals surface area contributed by atoms with Crippen molar-refractivity contribution in [3.63, 3.8) is 0 Å². The molecule has 30 N–H and O–H groups in total. The number of amides is 18. The van der Waals surface area contributed by atoms with Gasteiger partial charge in [0, 0.05) is 51.0 Å². The molecule has 0 aliphatic rings. The summed E-state index contributed by atoms with van der Waals surface area (Å²) in [4.78, 5) is 268. The molecule has 770 valence electrons. The number of phenolic OH excluding ortho intramolecular Hbond substituents is 2. The van der Waals surface area contributed by atoms with Gasteiger partial charge in [-0.15, -0.1) is 0 Å². The lowest BCUT2D eigenvalue weighted by Gasteiger charge is -2.30. The van der Waals surface area contributed by atoms with Crippen molar-refractivity contribution in [2.75, 3.05) is 26.2 Å². The molecule has 0 fully saturated rings. The number of hydrogen-bond acceptors (Lipinski definition) is 26. The molecule has 3 aromatic rings. The number of aromatic nitrogens is 2. The van der Waals surface area contributed by atoms with Gasteiger partial charge in [0.1, 0.15) is 108 Å². The number of primary amides is 2. The van der Waals surface area contributed by atoms with Crippen LogP contribution in [-0.4, -0.2) is 272 Å². The average Bonchev–Trinajstić information content (AvgIpc) is 0.991. The van der Waals surface area contributed by atoms with E-state index in [1.165, 1.54) is 76.6 Å². The number of aromatic amines is 1. The molecule has 17 atom stereocenters. The maximum absolute atomic E-state index is 14.4. The van der Waals surface area contributed by atoms with Crippen LogP contribution in [0.4, 0.5) is 0 Å². The molecule has 0 radical (unpaired) electrons. The minimum absolute atomic E-state index is 0.00844. The molecule has 0 bridgehead atoms. The molecule has 138 heavy (non-hydrogen) atoms. The smallest absolute Gasteiger partial charge is 0.321 e. The summed E-state index contributed by atoms with van der Waals surface area (Å²) in [5.74, 6) is -17.1. The highest BCUT2D eigenvalue weighted by Crippen LogP contribution is 2.19. The molecule has 0 saturated heterocycles. The van der Waals surface area contributed by atoms with Gasteiger partial charge in [0.05, 0.1) is 19.3 Å². The van der Waals surface area contributed by atoms with E-state index in [0.717, 1.165) is 6.92 Å². The first-order valence-electron chi connectivity index (χ1n) is 46.4. The van der Waals surface area contributed by atoms with Gasteiger partial charge in [-0.1, -0.05) is 93.0 Å². The predicted octanol–water partition coefficient (Wildman–Crippen LogP) is -3.54. The number of unbranched alkanes of at least 4 members (excludes halogenated alkanes) is 2. The summed E-state index contributed by atoms with van der Waals surface area (Å²) >= 11 is 0. The van der Waals surface area contributed by atoms with Gasteiger partial charge in [0.2, 0.25) is 106 Å². The molecule has 47 heteroatoms. The van der Waals surface area contributed by atoms with Crippen molar-refractivity contribution in [2.24, 2.45) is 46.6 Å². The van der Waals surface area contributed by atoms with Gasteiger partial charge in [-0.25, -0.2) is 4.98 Å². The van der Waals surface area contributed by atoms with E-state index in [1.54, 1.807) is 53.7 Å². The molecule has 0 unspecified atom stereocenters. The van der Waals surface area contributed by atoms with Crippen LogP contribution in [0.15, 0.2) is 61.1 Å². The van der Waals surface area contributed by atoms with Gasteiger partial charge in [-0.3, -0.25) is 101 Å². The Kier molecular flexibility index (Phi) is 55.1. The standard InChI is InChI=1S/C53H82N10O13.C38H65N13O11/c1-9-31(7)45(53(76)62-42(26-30(5)6)50(73)59-40(46(55)69)27-33-14-18-35(65)19-15-33)63-47(70)37(10-2)57-48(71)38(13-11-12-24-54)58-52(75)43(28-34-16-20-36(66)21-17-34)61-51(74)41(25-29(3)4)60-49(72)39(56-32(8)64)22-23-44(67)68;1-8-42-31(54)20(4)47-35(58)25(11-9-10-12-39)49-37(60)26(13-19(2)3)50-34(57)23(7)46-32(55)22(6)48-36(59)27(15-29(40)52)51-33(56)21(5)45-30(53)17-43-28(38(61)62)14-24-16-41-18-44-24/h14-21,29-31,37-43,45,65-66H,9-13,22-28,54H2,1-8H3,(H2,55,69)(H,56,64)(H,57,71)(H,58,75)(H,59,73)(H,60,72)(H,61,74)(H,62,76)(H,63,70)(H,67,68);16,18-23,25-28,43H,8-15,17,39H2,1-7H3,(H2,40,52)(H,41,44)(H,42,54)(H,45,53)(H,46,55)(H,47,58)(H,48,59)(H,49,60)(H,50,57)(H,51,56)(H,61,62)/t31-,37-,38-,39-,40-,41-,42-,43-,45-;20-,21-,22-,23-,25-,26-,27-,28-/m00/s1. The Bertz CT molecular complexity index is 4500. The van der Waals surface area contributed by atoms with Gasteiger partial charge in [-0.2, -0.15) is 0 Å². The second-order valence-electron chi connectivity index (χ2n) is 35.2. The highest BCUT2D eigenvalue weighted by atomic mass is 16.4. The quantitative estimate of drug-likeness (QED) is 0.0243. The van der Waals surface area contributed by atoms with Crippen LogP contribution in [-0.2, 0) is 115 Å². The van der Waals surface area contributed by atoms with Crippen molar-refractivity contribution in [2.45, 2.75) is 310 Å². The summed E-state index contributed by atoms with van der Waals surface area (Å²) in [5.41, 5.74) is 24.0. The SMILES string of the molecule is CCNC(=O)[C@H](C)NC(=O)[C@H](CCCCN)NC(=O)[C@H](CC(C)C)NC(=O)[C@H](C)NC(=O)[C@H](C)NC(=O)[C@H](CC(N)=O)NC(=O)[C@H](C)NC(=O)CN[C@@H](Cc1cnc[nH]1)C(=O)O.CC[C@H](NC(=O)[C@H](CCCCN)NC(=O)[C@H](Cc1ccc(O)cc1)NC(=O)[C@H](CC(C)C)NC(=O)[C@H](CCC(=O)O)NC(C)=O)C(=O)N[C@H](C(=O)N[C@@H](CC(C)C)C(=O)N[C@@H](Cc1ccc(O)cc1)C(N)=O)[C@@H](C)CC. The first-order valence-corrected chi connectivity index (χ1v) is 46.4. The number of phenols is 2. The Morgan fingerprint density at radius 1 is 0.384 bits per heavy atom. The second kappa shape index (κ2) is 63.0. The number of carboxylic acids is 2. The summed E-state index contributed by atoms with van der Waals surface area (Å²) in [6, 6.07) is -7.86. The van der Waals surface area contributed by atoms with Crippen molar-refractivity contribution < 1.29 is 116 Å². The monoisotopic (exact) mass is 1950 g/mol. The third-order valence-corrected chi connectivity index (χ3v) is 21.6. The number of nitrogens with two attached hydrogens (primary N) is 4. The topological polar surface area (TPSA) is 760 Å². The summed E-state index contributed by atoms with van der Waals surface area (Å²) in [5, 5.41) is 82.1. The average molecular weight is 1950 g/mol. The number of hydrogen-bond donors (Lipinski definition) is 26. The van der Waals surface area contributed by atoms with E-state index in [1.807, 2.05) is 27.7 Å². The zero-order valence-electron chi connectivity index (χ0n) is 81.4. The van der Waals surface area contributed by atoms with Gasteiger partial charge in [0.15, 0.2) is 0 Å². The number of nitrogens with one attached hydrogen (secondary N) is 18. The molecule has 2 aromatic carbocycles. The van der Waals surface area contributed by atoms with Gasteiger partial charge < -0.3 is 133 Å². The number of aromatic hydroxyl groups is 2. The second-order valence-corrected chi connectivity index (χ2v) is 35.2. The number of carbonyl (C=O) groups excluding carboxylic acids is 18. The third kappa shape index (κ3) is 46.9. The highest BCUT2D eigenvalue weighted by Gasteiger charge is 2.39. The maximum Gasteiger partial charge on any atom is 0.321 e. The number of benzene rings is 2. The summed E-state index contributed by atoms with van der Waals surface area (Å²) in [7, 11) is 0. The highest BCUT2D eigenvalue weighted by molar-refractivity contribution is 6.01. The van der Waals surface area contributed by atoms with E-state index < -0.39 is 240 Å². The number of imidazole rings is 1. The number of H-pyrrole nitrogens is 1. The lowest BCUT2D eigenvalue weighted by molar-refractivity contribution is -0.140. The van der Waals surface area contributed by atoms with E-state index >= 15 is 0 Å². The van der Waals surface area contributed by atoms with E-state index in [-0.39, 0.29) is 100 Å². The zero-order chi connectivity index (χ0) is 104. The number of nitrogens with zero attached hydrogens (tertiary/aromatic N) is 1. The fourth-order valence-electron chi connectivity index (χ4n) is 13.7. The van der Waals surface area contributed by atoms with Crippen LogP contribution in [0.3, 0.4) is 0 Å². The molecular weight excluding hydrogens is 1800 g/mol. The summed E-state index contributed by atoms with van der Waals surface area (Å²) in [6.07, 6.45) is 4.15. The molecule has 1 heterocycles. The Morgan fingerprint density at radius 2 is 0.754 bits per heavy atom. The minimum Gasteiger partial charge on any atom is -0.508 e. The largest absolute Gasteiger partial charge is 0.508 e. The van der Waals surface area contributed by atoms with E-state index in [2.05, 4.69) is 100 Å². The third-order valence-electron chi connectivity index (χ3n) is 21.6. The van der Waals surface area contributed by atoms with Crippen molar-refractivity contribution in [1.82, 2.24) is 100 Å². The van der Waals surface area contributed by atoms with E-state index in [9.17, 15) is 116 Å². The molecule has 0 spiro atoms. The number of aliphatic carboxylic acids is 2. The van der Waals surface area contributed by atoms with Crippen LogP contribution < -0.4 is 113 Å². The van der Waals surface area contributed by atoms with Crippen molar-refractivity contribution >= 4 is 118 Å².